The molecule has 0 radical (unpaired) electrons. The molecule has 7 nitrogen and oxygen atoms in total. The largest absolute Gasteiger partial charge is 0.463 e. The van der Waals surface area contributed by atoms with Crippen molar-refractivity contribution in [3.8, 4) is 5.69 Å². The first-order chi connectivity index (χ1) is 16.9. The summed E-state index contributed by atoms with van der Waals surface area (Å²) in [6, 6.07) is 9.26. The van der Waals surface area contributed by atoms with E-state index >= 15 is 0 Å². The highest BCUT2D eigenvalue weighted by atomic mass is 32.1. The molecule has 178 valence electrons. The van der Waals surface area contributed by atoms with Gasteiger partial charge >= 0.3 is 5.97 Å². The average molecular weight is 505 g/mol. The van der Waals surface area contributed by atoms with E-state index in [2.05, 4.69) is 20.6 Å². The van der Waals surface area contributed by atoms with Gasteiger partial charge in [0.1, 0.15) is 6.04 Å². The number of thiazole rings is 1. The molecule has 35 heavy (non-hydrogen) atoms. The fourth-order valence-corrected chi connectivity index (χ4v) is 6.33. The van der Waals surface area contributed by atoms with Gasteiger partial charge in [-0.3, -0.25) is 14.3 Å². The van der Waals surface area contributed by atoms with Crippen molar-refractivity contribution in [3.05, 3.63) is 101 Å². The van der Waals surface area contributed by atoms with Gasteiger partial charge in [0.25, 0.3) is 5.56 Å². The fourth-order valence-electron chi connectivity index (χ4n) is 4.47. The van der Waals surface area contributed by atoms with Crippen LogP contribution in [0.1, 0.15) is 41.7 Å². The molecule has 4 aromatic heterocycles. The number of ether oxygens (including phenoxy) is 1. The van der Waals surface area contributed by atoms with Crippen molar-refractivity contribution in [2.45, 2.75) is 33.7 Å². The van der Waals surface area contributed by atoms with Crippen LogP contribution in [0.2, 0.25) is 0 Å². The molecule has 0 spiro atoms. The van der Waals surface area contributed by atoms with Crippen molar-refractivity contribution in [1.29, 1.82) is 0 Å². The van der Waals surface area contributed by atoms with E-state index < -0.39 is 12.0 Å². The van der Waals surface area contributed by atoms with Crippen molar-refractivity contribution in [2.24, 2.45) is 4.99 Å². The van der Waals surface area contributed by atoms with E-state index in [0.29, 0.717) is 20.6 Å². The van der Waals surface area contributed by atoms with Crippen LogP contribution >= 0.6 is 22.7 Å². The molecule has 0 saturated heterocycles. The number of carbonyl (C=O) groups is 1. The number of hydrogen-bond acceptors (Lipinski definition) is 7. The second-order valence-electron chi connectivity index (χ2n) is 8.19. The second kappa shape index (κ2) is 9.24. The lowest BCUT2D eigenvalue weighted by molar-refractivity contribution is -0.139. The maximum absolute atomic E-state index is 13.7. The van der Waals surface area contributed by atoms with Crippen LogP contribution in [0.3, 0.4) is 0 Å². The minimum absolute atomic E-state index is 0.173. The average Bonchev–Trinajstić information content (AvgIpc) is 3.53. The highest BCUT2D eigenvalue weighted by molar-refractivity contribution is 7.10. The SMILES string of the molecule is CCOC(=O)C1=C(C)N=c2sc(=Cc3cc(C)n(-c4cccnc4)c3C)c(=O)n2C1c1cccs1. The molecule has 4 aromatic rings. The molecule has 1 aliphatic heterocycles. The maximum atomic E-state index is 13.7. The van der Waals surface area contributed by atoms with E-state index in [0.717, 1.165) is 27.5 Å². The van der Waals surface area contributed by atoms with E-state index in [-0.39, 0.29) is 12.2 Å². The zero-order chi connectivity index (χ0) is 24.7. The first kappa shape index (κ1) is 23.2. The number of aryl methyl sites for hydroxylation is 1. The smallest absolute Gasteiger partial charge is 0.338 e. The summed E-state index contributed by atoms with van der Waals surface area (Å²) in [5.41, 5.74) is 4.78. The number of pyridine rings is 1. The molecule has 0 aliphatic carbocycles. The number of hydrogen-bond donors (Lipinski definition) is 0. The molecule has 0 fully saturated rings. The first-order valence-electron chi connectivity index (χ1n) is 11.2. The third-order valence-electron chi connectivity index (χ3n) is 5.99. The summed E-state index contributed by atoms with van der Waals surface area (Å²) in [5, 5.41) is 1.94. The lowest BCUT2D eigenvalue weighted by atomic mass is 10.0. The minimum atomic E-state index is -0.560. The topological polar surface area (TPSA) is 78.5 Å². The van der Waals surface area contributed by atoms with Gasteiger partial charge in [-0.05, 0) is 69.0 Å². The Morgan fingerprint density at radius 1 is 1.23 bits per heavy atom. The monoisotopic (exact) mass is 504 g/mol. The number of nitrogens with zero attached hydrogens (tertiary/aromatic N) is 4. The zero-order valence-corrected chi connectivity index (χ0v) is 21.4. The van der Waals surface area contributed by atoms with Crippen molar-refractivity contribution in [2.75, 3.05) is 6.61 Å². The first-order valence-corrected chi connectivity index (χ1v) is 12.9. The number of carbonyl (C=O) groups excluding carboxylic acids is 1. The van der Waals surface area contributed by atoms with Crippen molar-refractivity contribution < 1.29 is 9.53 Å². The third kappa shape index (κ3) is 4.00. The number of thiophene rings is 1. The molecule has 0 N–H and O–H groups in total. The summed E-state index contributed by atoms with van der Waals surface area (Å²) in [4.78, 5) is 37.0. The standard InChI is InChI=1S/C26H24N4O3S2/c1-5-33-25(32)22-16(3)28-26-30(23(22)20-9-7-11-34-20)24(31)21(35-26)13-18-12-15(2)29(17(18)4)19-8-6-10-27-14-19/h6-14,23H,5H2,1-4H3. The van der Waals surface area contributed by atoms with Crippen LogP contribution in [0.4, 0.5) is 0 Å². The Bertz CT molecular complexity index is 1620. The lowest BCUT2D eigenvalue weighted by Gasteiger charge is -2.23. The Labute approximate surface area is 210 Å². The number of esters is 1. The molecule has 0 bridgehead atoms. The Balaban J connectivity index is 1.68. The molecule has 0 saturated carbocycles. The van der Waals surface area contributed by atoms with Crippen molar-refractivity contribution in [3.63, 3.8) is 0 Å². The Kier molecular flexibility index (Phi) is 6.12. The predicted octanol–water partition coefficient (Wildman–Crippen LogP) is 3.66. The fraction of sp³-hybridized carbons (Fsp3) is 0.231. The van der Waals surface area contributed by atoms with Crippen molar-refractivity contribution >= 4 is 34.7 Å². The molecule has 0 amide bonds. The number of allylic oxidation sites excluding steroid dienone is 1. The summed E-state index contributed by atoms with van der Waals surface area (Å²) in [7, 11) is 0. The van der Waals surface area contributed by atoms with Gasteiger partial charge in [-0.2, -0.15) is 0 Å². The van der Waals surface area contributed by atoms with Gasteiger partial charge in [0.2, 0.25) is 0 Å². The normalized spacial score (nSPS) is 15.8. The van der Waals surface area contributed by atoms with Crippen LogP contribution in [0.25, 0.3) is 11.8 Å². The molecule has 5 rings (SSSR count). The maximum Gasteiger partial charge on any atom is 0.338 e. The lowest BCUT2D eigenvalue weighted by Crippen LogP contribution is -2.39. The number of aromatic nitrogens is 3. The number of rotatable bonds is 5. The summed E-state index contributed by atoms with van der Waals surface area (Å²) in [5.74, 6) is -0.443. The summed E-state index contributed by atoms with van der Waals surface area (Å²) >= 11 is 2.84. The Morgan fingerprint density at radius 3 is 2.74 bits per heavy atom. The quantitative estimate of drug-likeness (QED) is 0.389. The molecule has 0 aromatic carbocycles. The van der Waals surface area contributed by atoms with Gasteiger partial charge in [-0.25, -0.2) is 9.79 Å². The summed E-state index contributed by atoms with van der Waals surface area (Å²) in [6.07, 6.45) is 5.47. The number of fused-ring (bicyclic) bond motifs is 1. The molecule has 1 unspecified atom stereocenters. The van der Waals surface area contributed by atoms with Gasteiger partial charge in [-0.15, -0.1) is 11.3 Å². The van der Waals surface area contributed by atoms with Gasteiger partial charge < -0.3 is 9.30 Å². The minimum Gasteiger partial charge on any atom is -0.463 e. The second-order valence-corrected chi connectivity index (χ2v) is 10.2. The molecule has 1 aliphatic rings. The molecule has 1 atom stereocenters. The van der Waals surface area contributed by atoms with Gasteiger partial charge in [0, 0.05) is 22.5 Å². The summed E-state index contributed by atoms with van der Waals surface area (Å²) in [6.45, 7) is 7.88. The third-order valence-corrected chi connectivity index (χ3v) is 7.90. The van der Waals surface area contributed by atoms with Crippen LogP contribution in [-0.4, -0.2) is 26.7 Å². The van der Waals surface area contributed by atoms with E-state index in [1.54, 1.807) is 24.6 Å². The van der Waals surface area contributed by atoms with E-state index in [1.165, 1.54) is 22.7 Å². The van der Waals surface area contributed by atoms with Crippen LogP contribution < -0.4 is 14.9 Å². The van der Waals surface area contributed by atoms with Crippen LogP contribution in [-0.2, 0) is 9.53 Å². The molecule has 5 heterocycles. The van der Waals surface area contributed by atoms with Gasteiger partial charge in [0.15, 0.2) is 4.80 Å². The van der Waals surface area contributed by atoms with Gasteiger partial charge in [-0.1, -0.05) is 17.4 Å². The van der Waals surface area contributed by atoms with Gasteiger partial charge in [0.05, 0.1) is 34.3 Å². The Hall–Kier alpha value is -3.56. The molecule has 9 heteroatoms. The molecular formula is C26H24N4O3S2. The van der Waals surface area contributed by atoms with Crippen LogP contribution in [0, 0.1) is 13.8 Å². The predicted molar refractivity (Wildman–Crippen MR) is 138 cm³/mol. The summed E-state index contributed by atoms with van der Waals surface area (Å²) < 4.78 is 9.64. The zero-order valence-electron chi connectivity index (χ0n) is 19.8. The van der Waals surface area contributed by atoms with E-state index in [4.69, 9.17) is 4.74 Å². The van der Waals surface area contributed by atoms with E-state index in [1.807, 2.05) is 55.8 Å². The highest BCUT2D eigenvalue weighted by Gasteiger charge is 2.33. The highest BCUT2D eigenvalue weighted by Crippen LogP contribution is 2.33. The van der Waals surface area contributed by atoms with Crippen LogP contribution in [0.15, 0.2) is 69.2 Å². The van der Waals surface area contributed by atoms with E-state index in [9.17, 15) is 9.59 Å². The van der Waals surface area contributed by atoms with Crippen LogP contribution in [0.5, 0.6) is 0 Å². The van der Waals surface area contributed by atoms with Crippen molar-refractivity contribution in [1.82, 2.24) is 14.1 Å². The Morgan fingerprint density at radius 2 is 2.06 bits per heavy atom. The molecular weight excluding hydrogens is 480 g/mol.